The lowest BCUT2D eigenvalue weighted by Gasteiger charge is -2.29. The van der Waals surface area contributed by atoms with E-state index in [1.165, 1.54) is 0 Å². The Morgan fingerprint density at radius 2 is 1.87 bits per heavy atom. The van der Waals surface area contributed by atoms with Gasteiger partial charge >= 0.3 is 5.88 Å². The highest BCUT2D eigenvalue weighted by Crippen LogP contribution is 2.51. The maximum atomic E-state index is 9.29. The molecule has 0 saturated carbocycles. The number of nitrogens with zero attached hydrogens (tertiary/aromatic N) is 2. The molecule has 31 heavy (non-hydrogen) atoms. The molecular weight excluding hydrogens is 390 g/mol. The van der Waals surface area contributed by atoms with Gasteiger partial charge in [-0.25, -0.2) is 4.57 Å². The molecule has 1 aliphatic heterocycles. The Labute approximate surface area is 180 Å². The highest BCUT2D eigenvalue weighted by atomic mass is 16.5. The predicted molar refractivity (Wildman–Crippen MR) is 119 cm³/mol. The fourth-order valence-electron chi connectivity index (χ4n) is 4.42. The van der Waals surface area contributed by atoms with Crippen LogP contribution in [0.4, 0.5) is 5.82 Å². The minimum atomic E-state index is -0.213. The van der Waals surface area contributed by atoms with Crippen LogP contribution in [0.2, 0.25) is 0 Å². The number of aliphatic hydroxyl groups is 1. The van der Waals surface area contributed by atoms with Crippen molar-refractivity contribution in [3.63, 3.8) is 0 Å². The zero-order chi connectivity index (χ0) is 21.4. The first-order valence-corrected chi connectivity index (χ1v) is 10.3. The summed E-state index contributed by atoms with van der Waals surface area (Å²) in [4.78, 5) is 4.58. The Hall–Kier alpha value is -3.64. The van der Waals surface area contributed by atoms with Crippen molar-refractivity contribution in [2.24, 2.45) is 0 Å². The average Bonchev–Trinajstić information content (AvgIpc) is 2.82. The zero-order valence-corrected chi connectivity index (χ0v) is 17.3. The van der Waals surface area contributed by atoms with Gasteiger partial charge in [-0.2, -0.15) is 0 Å². The lowest BCUT2D eigenvalue weighted by Crippen LogP contribution is -2.40. The van der Waals surface area contributed by atoms with Crippen molar-refractivity contribution >= 4 is 16.6 Å². The molecule has 5 rings (SSSR count). The smallest absolute Gasteiger partial charge is 0.306 e. The van der Waals surface area contributed by atoms with Gasteiger partial charge in [-0.1, -0.05) is 53.5 Å². The summed E-state index contributed by atoms with van der Waals surface area (Å²) in [6.07, 6.45) is 2.27. The summed E-state index contributed by atoms with van der Waals surface area (Å²) in [7, 11) is 1.68. The van der Waals surface area contributed by atoms with E-state index in [1.54, 1.807) is 13.4 Å². The van der Waals surface area contributed by atoms with Crippen LogP contribution in [0, 0.1) is 0 Å². The van der Waals surface area contributed by atoms with Crippen LogP contribution in [0.15, 0.2) is 67.0 Å². The molecule has 0 saturated heterocycles. The van der Waals surface area contributed by atoms with Crippen molar-refractivity contribution < 1.29 is 19.1 Å². The number of rotatable bonds is 5. The number of aromatic nitrogens is 2. The third-order valence-corrected chi connectivity index (χ3v) is 5.85. The van der Waals surface area contributed by atoms with Crippen molar-refractivity contribution in [1.29, 1.82) is 0 Å². The van der Waals surface area contributed by atoms with Crippen LogP contribution in [0.3, 0.4) is 0 Å². The van der Waals surface area contributed by atoms with Crippen molar-refractivity contribution in [2.75, 3.05) is 19.5 Å². The molecule has 6 nitrogen and oxygen atoms in total. The van der Waals surface area contributed by atoms with Crippen molar-refractivity contribution in [2.45, 2.75) is 18.9 Å². The molecular formula is C25H24N3O3+. The van der Waals surface area contributed by atoms with E-state index in [0.29, 0.717) is 24.7 Å². The summed E-state index contributed by atoms with van der Waals surface area (Å²) in [6, 6.07) is 20.3. The normalized spacial score (nSPS) is 14.6. The fourth-order valence-corrected chi connectivity index (χ4v) is 4.42. The Morgan fingerprint density at radius 1 is 1.06 bits per heavy atom. The molecule has 0 aliphatic carbocycles. The quantitative estimate of drug-likeness (QED) is 0.428. The van der Waals surface area contributed by atoms with Crippen LogP contribution in [0.25, 0.3) is 10.8 Å². The molecule has 6 heteroatoms. The van der Waals surface area contributed by atoms with Gasteiger partial charge in [0.2, 0.25) is 12.1 Å². The number of aryl methyl sites for hydroxylation is 1. The number of methoxy groups -OCH3 is 1. The largest absolute Gasteiger partial charge is 0.496 e. The van der Waals surface area contributed by atoms with Crippen LogP contribution >= 0.6 is 0 Å². The summed E-state index contributed by atoms with van der Waals surface area (Å²) >= 11 is 0. The van der Waals surface area contributed by atoms with Crippen molar-refractivity contribution in [3.8, 4) is 17.4 Å². The first-order chi connectivity index (χ1) is 15.2. The molecule has 0 spiro atoms. The third-order valence-electron chi connectivity index (χ3n) is 5.85. The molecule has 1 atom stereocenters. The molecule has 1 aliphatic rings. The molecule has 2 heterocycles. The molecule has 0 fully saturated rings. The molecule has 3 N–H and O–H groups in total. The summed E-state index contributed by atoms with van der Waals surface area (Å²) < 4.78 is 13.9. The lowest BCUT2D eigenvalue weighted by molar-refractivity contribution is -0.686. The minimum absolute atomic E-state index is 0.0867. The van der Waals surface area contributed by atoms with Crippen LogP contribution in [-0.4, -0.2) is 23.8 Å². The Balaban J connectivity index is 1.83. The second-order valence-corrected chi connectivity index (χ2v) is 7.59. The van der Waals surface area contributed by atoms with E-state index in [0.717, 1.165) is 39.0 Å². The van der Waals surface area contributed by atoms with Gasteiger partial charge in [-0.15, -0.1) is 0 Å². The van der Waals surface area contributed by atoms with E-state index in [9.17, 15) is 5.11 Å². The molecule has 0 unspecified atom stereocenters. The van der Waals surface area contributed by atoms with Gasteiger partial charge in [0.05, 0.1) is 19.6 Å². The number of para-hydroxylation sites is 1. The number of anilines is 1. The molecule has 1 aromatic heterocycles. The number of fused-ring (bicyclic) bond motifs is 4. The Bertz CT molecular complexity index is 1270. The van der Waals surface area contributed by atoms with E-state index in [1.807, 2.05) is 41.0 Å². The number of benzene rings is 3. The summed E-state index contributed by atoms with van der Waals surface area (Å²) in [5.41, 5.74) is 9.55. The summed E-state index contributed by atoms with van der Waals surface area (Å²) in [5, 5.41) is 11.5. The molecule has 0 bridgehead atoms. The number of hydrogen-bond acceptors (Lipinski definition) is 5. The van der Waals surface area contributed by atoms with Crippen molar-refractivity contribution in [1.82, 2.24) is 4.98 Å². The third kappa shape index (κ3) is 3.16. The van der Waals surface area contributed by atoms with E-state index in [4.69, 9.17) is 15.2 Å². The fraction of sp³-hybridized carbons (Fsp3) is 0.200. The topological polar surface area (TPSA) is 81.5 Å². The van der Waals surface area contributed by atoms with Gasteiger partial charge in [0.25, 0.3) is 0 Å². The molecule has 0 radical (unpaired) electrons. The highest BCUT2D eigenvalue weighted by molar-refractivity contribution is 5.90. The second-order valence-electron chi connectivity index (χ2n) is 7.59. The van der Waals surface area contributed by atoms with Gasteiger partial charge in [0.15, 0.2) is 0 Å². The van der Waals surface area contributed by atoms with Gasteiger partial charge in [0, 0.05) is 24.2 Å². The number of ether oxygens (including phenoxy) is 2. The van der Waals surface area contributed by atoms with Crippen LogP contribution < -0.4 is 19.8 Å². The minimum Gasteiger partial charge on any atom is -0.496 e. The SMILES string of the molecule is COc1ccccc1[C@@H]1c2c(nc[n+](CCCO)c2N)Oc2ccc3ccccc3c21. The predicted octanol–water partition coefficient (Wildman–Crippen LogP) is 3.78. The van der Waals surface area contributed by atoms with Gasteiger partial charge < -0.3 is 20.3 Å². The van der Waals surface area contributed by atoms with Gasteiger partial charge in [-0.3, -0.25) is 0 Å². The number of hydrogen-bond donors (Lipinski definition) is 2. The second kappa shape index (κ2) is 7.89. The molecule has 0 amide bonds. The van der Waals surface area contributed by atoms with Gasteiger partial charge in [-0.05, 0) is 22.9 Å². The highest BCUT2D eigenvalue weighted by Gasteiger charge is 2.38. The average molecular weight is 414 g/mol. The summed E-state index contributed by atoms with van der Waals surface area (Å²) in [6.45, 7) is 0.660. The first-order valence-electron chi connectivity index (χ1n) is 10.3. The maximum Gasteiger partial charge on any atom is 0.306 e. The van der Waals surface area contributed by atoms with E-state index < -0.39 is 0 Å². The monoisotopic (exact) mass is 414 g/mol. The Morgan fingerprint density at radius 3 is 2.71 bits per heavy atom. The number of aliphatic hydroxyl groups excluding tert-OH is 1. The number of nitrogens with two attached hydrogens (primary N) is 1. The molecule has 4 aromatic rings. The number of nitrogen functional groups attached to an aromatic ring is 1. The summed E-state index contributed by atoms with van der Waals surface area (Å²) in [5.74, 6) is 2.41. The van der Waals surface area contributed by atoms with Crippen LogP contribution in [-0.2, 0) is 6.54 Å². The lowest BCUT2D eigenvalue weighted by atomic mass is 9.81. The molecule has 156 valence electrons. The first kappa shape index (κ1) is 19.3. The molecule has 3 aromatic carbocycles. The van der Waals surface area contributed by atoms with Crippen LogP contribution in [0.5, 0.6) is 17.4 Å². The van der Waals surface area contributed by atoms with Gasteiger partial charge in [0.1, 0.15) is 17.1 Å². The Kier molecular flexibility index (Phi) is 4.92. The van der Waals surface area contributed by atoms with E-state index >= 15 is 0 Å². The zero-order valence-electron chi connectivity index (χ0n) is 17.3. The van der Waals surface area contributed by atoms with E-state index in [2.05, 4.69) is 29.2 Å². The van der Waals surface area contributed by atoms with Crippen LogP contribution in [0.1, 0.15) is 29.0 Å². The standard InChI is InChI=1S/C25H23N3O3/c1-30-19-10-5-4-9-18(19)22-21-17-8-3-2-7-16(17)11-12-20(21)31-25-23(22)24(26)28(15-27-25)13-6-14-29/h2-5,7-12,15,22,26,29H,6,13-14H2,1H3/p+1/t22-/m0/s1. The van der Waals surface area contributed by atoms with E-state index in [-0.39, 0.29) is 12.5 Å². The van der Waals surface area contributed by atoms with Crippen molar-refractivity contribution in [3.05, 3.63) is 83.7 Å². The maximum absolute atomic E-state index is 9.29.